The van der Waals surface area contributed by atoms with Gasteiger partial charge in [-0.05, 0) is 44.4 Å². The van der Waals surface area contributed by atoms with E-state index in [4.69, 9.17) is 0 Å². The van der Waals surface area contributed by atoms with Crippen LogP contribution in [0, 0.1) is 17.8 Å². The molecule has 0 amide bonds. The Hall–Kier alpha value is -0.0400. The third-order valence-electron chi connectivity index (χ3n) is 3.72. The predicted molar refractivity (Wildman–Crippen MR) is 56.7 cm³/mol. The molecular weight excluding hydrogens is 158 g/mol. The number of nitrogens with zero attached hydrogens (tertiary/aromatic N) is 1. The van der Waals surface area contributed by atoms with Gasteiger partial charge in [-0.2, -0.15) is 0 Å². The number of hydrogen-bond acceptors (Lipinski definition) is 1. The molecule has 1 saturated heterocycles. The lowest BCUT2D eigenvalue weighted by Gasteiger charge is -2.32. The third-order valence-corrected chi connectivity index (χ3v) is 3.72. The van der Waals surface area contributed by atoms with Crippen LogP contribution in [0.3, 0.4) is 0 Å². The standard InChI is InChI=1S/C12H23N/c1-8(2)5-12-11-6-10(11)7-13(12)9(3)4/h8-12H,5-7H2,1-4H3. The van der Waals surface area contributed by atoms with Crippen molar-refractivity contribution in [1.82, 2.24) is 4.90 Å². The molecule has 1 saturated carbocycles. The Bertz CT molecular complexity index is 186. The van der Waals surface area contributed by atoms with Crippen LogP contribution in [-0.4, -0.2) is 23.5 Å². The minimum Gasteiger partial charge on any atom is -0.297 e. The lowest BCUT2D eigenvalue weighted by atomic mass is 9.99. The highest BCUT2D eigenvalue weighted by molar-refractivity contribution is 5.04. The number of hydrogen-bond donors (Lipinski definition) is 0. The Balaban J connectivity index is 1.96. The van der Waals surface area contributed by atoms with Gasteiger partial charge in [0.05, 0.1) is 0 Å². The molecule has 1 heteroatoms. The molecule has 0 aromatic rings. The van der Waals surface area contributed by atoms with Gasteiger partial charge in [0.15, 0.2) is 0 Å². The van der Waals surface area contributed by atoms with E-state index in [1.54, 1.807) is 0 Å². The van der Waals surface area contributed by atoms with Gasteiger partial charge in [0.1, 0.15) is 0 Å². The Morgan fingerprint density at radius 2 is 1.92 bits per heavy atom. The van der Waals surface area contributed by atoms with Crippen molar-refractivity contribution in [2.75, 3.05) is 6.54 Å². The molecule has 2 aliphatic rings. The summed E-state index contributed by atoms with van der Waals surface area (Å²) in [6.07, 6.45) is 2.94. The van der Waals surface area contributed by atoms with Gasteiger partial charge in [-0.1, -0.05) is 13.8 Å². The van der Waals surface area contributed by atoms with E-state index in [1.165, 1.54) is 19.4 Å². The number of fused-ring (bicyclic) bond motifs is 1. The van der Waals surface area contributed by atoms with Crippen LogP contribution in [0.25, 0.3) is 0 Å². The molecule has 1 aliphatic heterocycles. The highest BCUT2D eigenvalue weighted by Gasteiger charge is 2.52. The summed E-state index contributed by atoms with van der Waals surface area (Å²) in [6, 6.07) is 1.68. The second-order valence-electron chi connectivity index (χ2n) is 5.65. The van der Waals surface area contributed by atoms with Crippen LogP contribution < -0.4 is 0 Å². The third kappa shape index (κ3) is 1.76. The maximum atomic E-state index is 2.73. The van der Waals surface area contributed by atoms with Crippen LogP contribution in [0.5, 0.6) is 0 Å². The molecule has 2 rings (SSSR count). The van der Waals surface area contributed by atoms with Crippen LogP contribution >= 0.6 is 0 Å². The lowest BCUT2D eigenvalue weighted by molar-refractivity contribution is 0.155. The summed E-state index contributed by atoms with van der Waals surface area (Å²) < 4.78 is 0. The van der Waals surface area contributed by atoms with Crippen molar-refractivity contribution in [3.8, 4) is 0 Å². The zero-order chi connectivity index (χ0) is 9.59. The Morgan fingerprint density at radius 1 is 1.23 bits per heavy atom. The van der Waals surface area contributed by atoms with E-state index in [1.807, 2.05) is 0 Å². The van der Waals surface area contributed by atoms with Crippen molar-refractivity contribution in [1.29, 1.82) is 0 Å². The summed E-state index contributed by atoms with van der Waals surface area (Å²) in [5, 5.41) is 0. The van der Waals surface area contributed by atoms with Gasteiger partial charge in [-0.15, -0.1) is 0 Å². The Labute approximate surface area is 82.5 Å². The van der Waals surface area contributed by atoms with E-state index in [-0.39, 0.29) is 0 Å². The van der Waals surface area contributed by atoms with Gasteiger partial charge in [-0.25, -0.2) is 0 Å². The average molecular weight is 181 g/mol. The van der Waals surface area contributed by atoms with Gasteiger partial charge in [0.25, 0.3) is 0 Å². The first-order chi connectivity index (χ1) is 6.09. The van der Waals surface area contributed by atoms with Crippen LogP contribution in [-0.2, 0) is 0 Å². The monoisotopic (exact) mass is 181 g/mol. The molecule has 3 atom stereocenters. The number of rotatable bonds is 3. The quantitative estimate of drug-likeness (QED) is 0.647. The van der Waals surface area contributed by atoms with Crippen LogP contribution in [0.2, 0.25) is 0 Å². The largest absolute Gasteiger partial charge is 0.297 e. The zero-order valence-corrected chi connectivity index (χ0v) is 9.46. The maximum Gasteiger partial charge on any atom is 0.0132 e. The first-order valence-electron chi connectivity index (χ1n) is 5.85. The summed E-state index contributed by atoms with van der Waals surface area (Å²) in [5.74, 6) is 3.02. The van der Waals surface area contributed by atoms with Crippen LogP contribution in [0.4, 0.5) is 0 Å². The smallest absolute Gasteiger partial charge is 0.0132 e. The van der Waals surface area contributed by atoms with Crippen molar-refractivity contribution in [2.45, 2.75) is 52.6 Å². The van der Waals surface area contributed by atoms with E-state index in [2.05, 4.69) is 32.6 Å². The number of likely N-dealkylation sites (tertiary alicyclic amines) is 1. The molecule has 1 aliphatic carbocycles. The fourth-order valence-corrected chi connectivity index (χ4v) is 2.99. The molecule has 0 spiro atoms. The van der Waals surface area contributed by atoms with Crippen LogP contribution in [0.15, 0.2) is 0 Å². The minimum absolute atomic E-state index is 0.761. The molecule has 2 fully saturated rings. The topological polar surface area (TPSA) is 3.24 Å². The number of piperidine rings is 1. The molecular formula is C12H23N. The highest BCUT2D eigenvalue weighted by Crippen LogP contribution is 2.51. The van der Waals surface area contributed by atoms with Crippen LogP contribution in [0.1, 0.15) is 40.5 Å². The molecule has 0 radical (unpaired) electrons. The average Bonchev–Trinajstić information content (AvgIpc) is 2.68. The van der Waals surface area contributed by atoms with Gasteiger partial charge in [-0.3, -0.25) is 4.90 Å². The molecule has 0 aromatic carbocycles. The molecule has 1 heterocycles. The van der Waals surface area contributed by atoms with Gasteiger partial charge >= 0.3 is 0 Å². The minimum atomic E-state index is 0.761. The summed E-state index contributed by atoms with van der Waals surface area (Å²) in [7, 11) is 0. The van der Waals surface area contributed by atoms with Gasteiger partial charge in [0, 0.05) is 18.6 Å². The van der Waals surface area contributed by atoms with Crippen molar-refractivity contribution < 1.29 is 0 Å². The van der Waals surface area contributed by atoms with E-state index in [9.17, 15) is 0 Å². The normalized spacial score (nSPS) is 38.8. The van der Waals surface area contributed by atoms with Crippen molar-refractivity contribution in [3.05, 3.63) is 0 Å². The summed E-state index contributed by atoms with van der Waals surface area (Å²) in [4.78, 5) is 2.73. The first kappa shape index (κ1) is 9.51. The highest BCUT2D eigenvalue weighted by atomic mass is 15.2. The molecule has 0 bridgehead atoms. The van der Waals surface area contributed by atoms with Crippen molar-refractivity contribution >= 4 is 0 Å². The maximum absolute atomic E-state index is 2.73. The predicted octanol–water partition coefficient (Wildman–Crippen LogP) is 2.76. The summed E-state index contributed by atoms with van der Waals surface area (Å²) in [5.41, 5.74) is 0. The molecule has 0 N–H and O–H groups in total. The Kier molecular flexibility index (Phi) is 2.39. The van der Waals surface area contributed by atoms with E-state index >= 15 is 0 Å². The van der Waals surface area contributed by atoms with Gasteiger partial charge in [0.2, 0.25) is 0 Å². The molecule has 76 valence electrons. The lowest BCUT2D eigenvalue weighted by Crippen LogP contribution is -2.39. The van der Waals surface area contributed by atoms with E-state index in [0.717, 1.165) is 29.8 Å². The molecule has 3 unspecified atom stereocenters. The summed E-state index contributed by atoms with van der Waals surface area (Å²) >= 11 is 0. The van der Waals surface area contributed by atoms with Crippen molar-refractivity contribution in [3.63, 3.8) is 0 Å². The van der Waals surface area contributed by atoms with E-state index in [0.29, 0.717) is 0 Å². The van der Waals surface area contributed by atoms with E-state index < -0.39 is 0 Å². The van der Waals surface area contributed by atoms with Gasteiger partial charge < -0.3 is 0 Å². The second-order valence-corrected chi connectivity index (χ2v) is 5.65. The first-order valence-corrected chi connectivity index (χ1v) is 5.85. The molecule has 13 heavy (non-hydrogen) atoms. The second kappa shape index (κ2) is 3.27. The Morgan fingerprint density at radius 3 is 2.46 bits per heavy atom. The molecule has 0 aromatic heterocycles. The SMILES string of the molecule is CC(C)CC1C2CC2CN1C(C)C. The molecule has 1 nitrogen and oxygen atoms in total. The fraction of sp³-hybridized carbons (Fsp3) is 1.00. The van der Waals surface area contributed by atoms with Crippen molar-refractivity contribution in [2.24, 2.45) is 17.8 Å². The fourth-order valence-electron chi connectivity index (χ4n) is 2.99. The zero-order valence-electron chi connectivity index (χ0n) is 9.46. The summed E-state index contributed by atoms with van der Waals surface area (Å²) in [6.45, 7) is 10.8.